The van der Waals surface area contributed by atoms with Crippen molar-refractivity contribution in [2.75, 3.05) is 7.11 Å². The number of hydrogen-bond donors (Lipinski definition) is 1. The molecular formula is C9H16F12O5Si4. The van der Waals surface area contributed by atoms with Crippen molar-refractivity contribution in [2.24, 2.45) is 0 Å². The molecule has 0 bridgehead atoms. The van der Waals surface area contributed by atoms with Gasteiger partial charge < -0.3 is 21.6 Å². The average Bonchev–Trinajstić information content (AvgIpc) is 2.41. The molecule has 5 nitrogen and oxygen atoms in total. The van der Waals surface area contributed by atoms with Gasteiger partial charge in [0.25, 0.3) is 0 Å². The first-order valence-electron chi connectivity index (χ1n) is 7.33. The third-order valence-corrected chi connectivity index (χ3v) is 17.9. The van der Waals surface area contributed by atoms with Gasteiger partial charge in [0.15, 0.2) is 0 Å². The SMILES string of the molecule is CO[Si](C)(O[Si](C)(O[Si](C)(O[Si](C)(O)C(F)(F)F)C(F)(F)F)C(F)(F)F)C(F)(F)F. The third kappa shape index (κ3) is 6.20. The van der Waals surface area contributed by atoms with Crippen LogP contribution in [-0.4, -0.2) is 69.3 Å². The van der Waals surface area contributed by atoms with Crippen molar-refractivity contribution in [1.82, 2.24) is 0 Å². The monoisotopic (exact) mass is 544 g/mol. The lowest BCUT2D eigenvalue weighted by Gasteiger charge is -2.43. The highest BCUT2D eigenvalue weighted by molar-refractivity contribution is 6.90. The van der Waals surface area contributed by atoms with E-state index >= 15 is 0 Å². The second-order valence-electron chi connectivity index (χ2n) is 6.32. The third-order valence-electron chi connectivity index (χ3n) is 3.63. The number of alkyl halides is 12. The van der Waals surface area contributed by atoms with Crippen molar-refractivity contribution in [3.05, 3.63) is 0 Å². The van der Waals surface area contributed by atoms with Crippen molar-refractivity contribution >= 4 is 34.2 Å². The molecule has 0 aromatic rings. The number of rotatable bonds is 7. The molecular weight excluding hydrogens is 528 g/mol. The number of hydrogen-bond acceptors (Lipinski definition) is 5. The van der Waals surface area contributed by atoms with Crippen LogP contribution in [0.15, 0.2) is 0 Å². The van der Waals surface area contributed by atoms with E-state index in [9.17, 15) is 57.5 Å². The lowest BCUT2D eigenvalue weighted by Crippen LogP contribution is -2.73. The highest BCUT2D eigenvalue weighted by atomic mass is 28.5. The van der Waals surface area contributed by atoms with Gasteiger partial charge in [0.1, 0.15) is 0 Å². The maximum absolute atomic E-state index is 13.5. The summed E-state index contributed by atoms with van der Waals surface area (Å²) in [6, 6.07) is 0. The minimum absolute atomic E-state index is 0.0430. The molecule has 0 fully saturated rings. The Hall–Kier alpha value is -0.172. The standard InChI is InChI=1S/C9H16F12O5Si4/c1-23-28(3,7(13,14)15)25-30(5,9(19,20)21)26-29(4,8(16,17)18)24-27(2,22)6(10,11)12/h22H,1-5H3. The zero-order valence-corrected chi connectivity index (χ0v) is 19.6. The summed E-state index contributed by atoms with van der Waals surface area (Å²) in [5.74, 6) is -23.4. The van der Waals surface area contributed by atoms with Gasteiger partial charge in [0.05, 0.1) is 0 Å². The highest BCUT2D eigenvalue weighted by Crippen LogP contribution is 2.44. The maximum atomic E-state index is 13.5. The van der Waals surface area contributed by atoms with E-state index in [0.717, 1.165) is 0 Å². The fourth-order valence-electron chi connectivity index (χ4n) is 1.67. The molecule has 1 N–H and O–H groups in total. The van der Waals surface area contributed by atoms with Crippen molar-refractivity contribution in [3.8, 4) is 0 Å². The van der Waals surface area contributed by atoms with Crippen LogP contribution >= 0.6 is 0 Å². The fourth-order valence-corrected chi connectivity index (χ4v) is 15.1. The van der Waals surface area contributed by atoms with E-state index in [1.54, 1.807) is 0 Å². The Morgan fingerprint density at radius 2 is 0.767 bits per heavy atom. The number of halogens is 12. The van der Waals surface area contributed by atoms with E-state index in [2.05, 4.69) is 16.8 Å². The first kappa shape index (κ1) is 29.8. The molecule has 0 saturated heterocycles. The van der Waals surface area contributed by atoms with Crippen LogP contribution in [0.25, 0.3) is 0 Å². The van der Waals surface area contributed by atoms with E-state index in [0.29, 0.717) is 7.11 Å². The summed E-state index contributed by atoms with van der Waals surface area (Å²) in [4.78, 5) is 9.30. The Labute approximate surface area is 165 Å². The van der Waals surface area contributed by atoms with E-state index in [1.165, 1.54) is 0 Å². The Kier molecular flexibility index (Phi) is 8.26. The summed E-state index contributed by atoms with van der Waals surface area (Å²) in [5.41, 5.74) is 0. The predicted octanol–water partition coefficient (Wildman–Crippen LogP) is 4.37. The first-order valence-corrected chi connectivity index (χ1v) is 16.6. The van der Waals surface area contributed by atoms with Crippen LogP contribution in [0, 0.1) is 0 Å². The lowest BCUT2D eigenvalue weighted by atomic mass is 11.5. The van der Waals surface area contributed by atoms with E-state index in [1.807, 2.05) is 0 Å². The van der Waals surface area contributed by atoms with Crippen LogP contribution in [0.1, 0.15) is 0 Å². The molecule has 182 valence electrons. The minimum Gasteiger partial charge on any atom is -0.406 e. The van der Waals surface area contributed by atoms with Crippen LogP contribution in [0.4, 0.5) is 52.7 Å². The minimum atomic E-state index is -6.71. The van der Waals surface area contributed by atoms with Gasteiger partial charge in [-0.3, -0.25) is 0 Å². The lowest BCUT2D eigenvalue weighted by molar-refractivity contribution is -0.119. The zero-order valence-electron chi connectivity index (χ0n) is 15.6. The molecule has 0 spiro atoms. The molecule has 30 heavy (non-hydrogen) atoms. The average molecular weight is 545 g/mol. The van der Waals surface area contributed by atoms with Gasteiger partial charge in [-0.2, -0.15) is 52.7 Å². The van der Waals surface area contributed by atoms with Gasteiger partial charge in [-0.15, -0.1) is 0 Å². The summed E-state index contributed by atoms with van der Waals surface area (Å²) < 4.78 is 174. The van der Waals surface area contributed by atoms with Gasteiger partial charge in [-0.1, -0.05) is 0 Å². The molecule has 4 unspecified atom stereocenters. The highest BCUT2D eigenvalue weighted by Gasteiger charge is 2.76. The summed E-state index contributed by atoms with van der Waals surface area (Å²) in [7, 11) is -25.3. The Balaban J connectivity index is 6.52. The summed E-state index contributed by atoms with van der Waals surface area (Å²) in [6.45, 7) is -0.723. The van der Waals surface area contributed by atoms with Crippen molar-refractivity contribution in [2.45, 2.75) is 49.4 Å². The van der Waals surface area contributed by atoms with Crippen LogP contribution in [0.2, 0.25) is 26.2 Å². The Morgan fingerprint density at radius 1 is 0.500 bits per heavy atom. The quantitative estimate of drug-likeness (QED) is 0.381. The van der Waals surface area contributed by atoms with Gasteiger partial charge >= 0.3 is 57.4 Å². The van der Waals surface area contributed by atoms with Gasteiger partial charge in [-0.25, -0.2) is 0 Å². The molecule has 4 atom stereocenters. The van der Waals surface area contributed by atoms with Crippen molar-refractivity contribution in [1.29, 1.82) is 0 Å². The topological polar surface area (TPSA) is 57.2 Å². The van der Waals surface area contributed by atoms with Crippen molar-refractivity contribution in [3.63, 3.8) is 0 Å². The van der Waals surface area contributed by atoms with E-state index in [-0.39, 0.29) is 26.2 Å². The van der Waals surface area contributed by atoms with Crippen LogP contribution < -0.4 is 0 Å². The molecule has 0 aliphatic carbocycles. The smallest absolute Gasteiger partial charge is 0.406 e. The Bertz CT molecular complexity index is 607. The normalized spacial score (nSPS) is 22.6. The summed E-state index contributed by atoms with van der Waals surface area (Å²) >= 11 is 0. The predicted molar refractivity (Wildman–Crippen MR) is 83.2 cm³/mol. The van der Waals surface area contributed by atoms with Crippen LogP contribution in [0.3, 0.4) is 0 Å². The fraction of sp³-hybridized carbons (Fsp3) is 1.00. The first-order chi connectivity index (χ1) is 12.7. The maximum Gasteiger partial charge on any atom is 0.446 e. The molecule has 0 saturated carbocycles. The molecule has 0 aliphatic rings. The molecule has 0 aliphatic heterocycles. The van der Waals surface area contributed by atoms with Crippen molar-refractivity contribution < 1.29 is 74.3 Å². The van der Waals surface area contributed by atoms with E-state index < -0.39 is 57.4 Å². The molecule has 0 amide bonds. The molecule has 0 aromatic carbocycles. The van der Waals surface area contributed by atoms with Gasteiger partial charge in [0, 0.05) is 7.11 Å². The van der Waals surface area contributed by atoms with E-state index in [4.69, 9.17) is 0 Å². The molecule has 0 heterocycles. The second kappa shape index (κ2) is 8.31. The molecule has 0 rings (SSSR count). The van der Waals surface area contributed by atoms with Crippen LogP contribution in [0.5, 0.6) is 0 Å². The Morgan fingerprint density at radius 3 is 1.00 bits per heavy atom. The van der Waals surface area contributed by atoms with Gasteiger partial charge in [-0.05, 0) is 26.2 Å². The summed E-state index contributed by atoms with van der Waals surface area (Å²) in [5, 5.41) is 0. The van der Waals surface area contributed by atoms with Crippen LogP contribution in [-0.2, 0) is 16.8 Å². The second-order valence-corrected chi connectivity index (χ2v) is 19.1. The summed E-state index contributed by atoms with van der Waals surface area (Å²) in [6.07, 6.45) is 0. The molecule has 0 radical (unpaired) electrons. The molecule has 0 aromatic heterocycles. The largest absolute Gasteiger partial charge is 0.446 e. The van der Waals surface area contributed by atoms with Gasteiger partial charge in [0.2, 0.25) is 0 Å². The molecule has 21 heteroatoms. The zero-order chi connectivity index (χ0) is 24.8.